The second kappa shape index (κ2) is 9.17. The van der Waals surface area contributed by atoms with Gasteiger partial charge in [0.1, 0.15) is 5.69 Å². The Labute approximate surface area is 161 Å². The number of hydrogen-bond donors (Lipinski definition) is 1. The topological polar surface area (TPSA) is 92.7 Å². The van der Waals surface area contributed by atoms with Gasteiger partial charge >= 0.3 is 0 Å². The molecule has 7 nitrogen and oxygen atoms in total. The van der Waals surface area contributed by atoms with Crippen LogP contribution in [0.3, 0.4) is 0 Å². The lowest BCUT2D eigenvalue weighted by atomic mass is 9.98. The van der Waals surface area contributed by atoms with Gasteiger partial charge < -0.3 is 15.5 Å². The van der Waals surface area contributed by atoms with Gasteiger partial charge in [-0.3, -0.25) is 14.9 Å². The van der Waals surface area contributed by atoms with Crippen LogP contribution in [-0.4, -0.2) is 48.5 Å². The molecule has 1 aliphatic rings. The van der Waals surface area contributed by atoms with E-state index < -0.39 is 4.92 Å². The van der Waals surface area contributed by atoms with Gasteiger partial charge in [-0.1, -0.05) is 20.8 Å². The monoisotopic (exact) mass is 376 g/mol. The molecule has 1 aliphatic heterocycles. The molecule has 2 rings (SSSR count). The molecule has 7 heteroatoms. The highest BCUT2D eigenvalue weighted by Gasteiger charge is 2.25. The Morgan fingerprint density at radius 1 is 1.37 bits per heavy atom. The molecule has 0 aromatic heterocycles. The lowest BCUT2D eigenvalue weighted by Gasteiger charge is -2.31. The molecule has 1 fully saturated rings. The van der Waals surface area contributed by atoms with Crippen LogP contribution >= 0.6 is 0 Å². The maximum atomic E-state index is 12.7. The van der Waals surface area contributed by atoms with Crippen LogP contribution in [0, 0.1) is 22.0 Å². The number of carbonyl (C=O) groups excluding carboxylic acids is 1. The minimum absolute atomic E-state index is 0.00249. The van der Waals surface area contributed by atoms with Gasteiger partial charge in [0.2, 0.25) is 0 Å². The fourth-order valence-electron chi connectivity index (χ4n) is 3.32. The van der Waals surface area contributed by atoms with Crippen molar-refractivity contribution in [3.8, 4) is 0 Å². The van der Waals surface area contributed by atoms with Crippen molar-refractivity contribution in [1.82, 2.24) is 4.90 Å². The smallest absolute Gasteiger partial charge is 0.293 e. The van der Waals surface area contributed by atoms with E-state index in [4.69, 9.17) is 5.73 Å². The molecule has 1 atom stereocenters. The van der Waals surface area contributed by atoms with E-state index in [1.165, 1.54) is 6.07 Å². The molecule has 1 amide bonds. The standard InChI is InChI=1S/C20H32N4O3/c1-14(2)17(21)9-10-22(4)20(25)16-5-6-18(19(13-16)24(26)27)23-11-7-15(3)8-12-23/h5-6,13-15,17H,7-12,21H2,1-4H3. The molecule has 150 valence electrons. The second-order valence-corrected chi connectivity index (χ2v) is 8.05. The van der Waals surface area contributed by atoms with Gasteiger partial charge in [-0.05, 0) is 43.2 Å². The number of piperidine rings is 1. The molecular weight excluding hydrogens is 344 g/mol. The Morgan fingerprint density at radius 3 is 2.56 bits per heavy atom. The van der Waals surface area contributed by atoms with Gasteiger partial charge in [0.05, 0.1) is 4.92 Å². The van der Waals surface area contributed by atoms with E-state index in [1.807, 2.05) is 0 Å². The Kier molecular flexibility index (Phi) is 7.18. The fourth-order valence-corrected chi connectivity index (χ4v) is 3.32. The Hall–Kier alpha value is -2.15. The second-order valence-electron chi connectivity index (χ2n) is 8.05. The van der Waals surface area contributed by atoms with Crippen LogP contribution in [0.5, 0.6) is 0 Å². The van der Waals surface area contributed by atoms with Crippen molar-refractivity contribution in [2.45, 2.75) is 46.1 Å². The molecule has 0 radical (unpaired) electrons. The van der Waals surface area contributed by atoms with Gasteiger partial charge in [-0.2, -0.15) is 0 Å². The van der Waals surface area contributed by atoms with Gasteiger partial charge in [-0.15, -0.1) is 0 Å². The SMILES string of the molecule is CC1CCN(c2ccc(C(=O)N(C)CCC(N)C(C)C)cc2[N+](=O)[O-])CC1. The average Bonchev–Trinajstić information content (AvgIpc) is 2.65. The van der Waals surface area contributed by atoms with E-state index in [2.05, 4.69) is 25.7 Å². The summed E-state index contributed by atoms with van der Waals surface area (Å²) >= 11 is 0. The van der Waals surface area contributed by atoms with Crippen molar-refractivity contribution in [1.29, 1.82) is 0 Å². The molecule has 1 unspecified atom stereocenters. The number of nitrogens with two attached hydrogens (primary N) is 1. The molecule has 0 bridgehead atoms. The normalized spacial score (nSPS) is 16.4. The number of amides is 1. The van der Waals surface area contributed by atoms with Gasteiger partial charge in [0, 0.05) is 44.4 Å². The molecule has 1 aromatic carbocycles. The van der Waals surface area contributed by atoms with Gasteiger partial charge in [0.25, 0.3) is 11.6 Å². The first-order valence-electron chi connectivity index (χ1n) is 9.75. The summed E-state index contributed by atoms with van der Waals surface area (Å²) in [5.74, 6) is 0.779. The van der Waals surface area contributed by atoms with Crippen molar-refractivity contribution in [3.05, 3.63) is 33.9 Å². The number of anilines is 1. The molecule has 1 saturated heterocycles. The predicted octanol–water partition coefficient (Wildman–Crippen LogP) is 3.28. The lowest BCUT2D eigenvalue weighted by Crippen LogP contribution is -2.35. The van der Waals surface area contributed by atoms with Crippen LogP contribution in [0.15, 0.2) is 18.2 Å². The zero-order valence-electron chi connectivity index (χ0n) is 16.9. The van der Waals surface area contributed by atoms with Crippen LogP contribution in [0.4, 0.5) is 11.4 Å². The van der Waals surface area contributed by atoms with Gasteiger partial charge in [-0.25, -0.2) is 0 Å². The number of hydrogen-bond acceptors (Lipinski definition) is 5. The minimum atomic E-state index is -0.390. The molecule has 1 aromatic rings. The highest BCUT2D eigenvalue weighted by Crippen LogP contribution is 2.32. The first-order valence-corrected chi connectivity index (χ1v) is 9.75. The number of nitro groups is 1. The Bertz CT molecular complexity index is 669. The number of nitrogens with zero attached hydrogens (tertiary/aromatic N) is 3. The largest absolute Gasteiger partial charge is 0.366 e. The van der Waals surface area contributed by atoms with Crippen molar-refractivity contribution in [2.75, 3.05) is 31.6 Å². The van der Waals surface area contributed by atoms with Crippen LogP contribution in [-0.2, 0) is 0 Å². The summed E-state index contributed by atoms with van der Waals surface area (Å²) in [4.78, 5) is 27.5. The van der Waals surface area contributed by atoms with Crippen molar-refractivity contribution in [2.24, 2.45) is 17.6 Å². The number of carbonyl (C=O) groups is 1. The summed E-state index contributed by atoms with van der Waals surface area (Å²) in [6, 6.07) is 4.85. The highest BCUT2D eigenvalue weighted by molar-refractivity contribution is 5.95. The first kappa shape index (κ1) is 21.2. The van der Waals surface area contributed by atoms with E-state index in [0.29, 0.717) is 36.1 Å². The zero-order valence-corrected chi connectivity index (χ0v) is 16.9. The summed E-state index contributed by atoms with van der Waals surface area (Å²) in [6.45, 7) is 8.45. The Morgan fingerprint density at radius 2 is 2.00 bits per heavy atom. The third kappa shape index (κ3) is 5.42. The minimum Gasteiger partial charge on any atom is -0.366 e. The zero-order chi connectivity index (χ0) is 20.1. The molecule has 27 heavy (non-hydrogen) atoms. The van der Waals surface area contributed by atoms with Gasteiger partial charge in [0.15, 0.2) is 0 Å². The molecule has 2 N–H and O–H groups in total. The molecule has 0 aliphatic carbocycles. The number of benzene rings is 1. The summed E-state index contributed by atoms with van der Waals surface area (Å²) in [7, 11) is 1.71. The third-order valence-electron chi connectivity index (χ3n) is 5.54. The van der Waals surface area contributed by atoms with E-state index in [0.717, 1.165) is 25.9 Å². The summed E-state index contributed by atoms with van der Waals surface area (Å²) in [5.41, 5.74) is 7.00. The molecule has 0 saturated carbocycles. The van der Waals surface area contributed by atoms with Crippen molar-refractivity contribution < 1.29 is 9.72 Å². The van der Waals surface area contributed by atoms with E-state index in [9.17, 15) is 14.9 Å². The molecule has 1 heterocycles. The van der Waals surface area contributed by atoms with E-state index in [1.54, 1.807) is 24.1 Å². The molecule has 0 spiro atoms. The van der Waals surface area contributed by atoms with Crippen molar-refractivity contribution >= 4 is 17.3 Å². The summed E-state index contributed by atoms with van der Waals surface area (Å²) in [5, 5.41) is 11.6. The average molecular weight is 377 g/mol. The third-order valence-corrected chi connectivity index (χ3v) is 5.54. The number of nitro benzene ring substituents is 1. The maximum absolute atomic E-state index is 12.7. The van der Waals surface area contributed by atoms with Crippen molar-refractivity contribution in [3.63, 3.8) is 0 Å². The van der Waals surface area contributed by atoms with E-state index >= 15 is 0 Å². The first-order chi connectivity index (χ1) is 12.7. The number of rotatable bonds is 7. The predicted molar refractivity (Wildman–Crippen MR) is 108 cm³/mol. The maximum Gasteiger partial charge on any atom is 0.293 e. The van der Waals surface area contributed by atoms with E-state index in [-0.39, 0.29) is 17.6 Å². The molecular formula is C20H32N4O3. The summed E-state index contributed by atoms with van der Waals surface area (Å²) < 4.78 is 0. The highest BCUT2D eigenvalue weighted by atomic mass is 16.6. The van der Waals surface area contributed by atoms with Crippen LogP contribution in [0.1, 0.15) is 50.4 Å². The van der Waals surface area contributed by atoms with Crippen LogP contribution in [0.2, 0.25) is 0 Å². The summed E-state index contributed by atoms with van der Waals surface area (Å²) in [6.07, 6.45) is 2.75. The quantitative estimate of drug-likeness (QED) is 0.582. The Balaban J connectivity index is 2.14. The lowest BCUT2D eigenvalue weighted by molar-refractivity contribution is -0.384. The fraction of sp³-hybridized carbons (Fsp3) is 0.650. The van der Waals surface area contributed by atoms with Crippen LogP contribution < -0.4 is 10.6 Å². The van der Waals surface area contributed by atoms with Crippen LogP contribution in [0.25, 0.3) is 0 Å².